The van der Waals surface area contributed by atoms with Gasteiger partial charge in [-0.15, -0.1) is 0 Å². The lowest BCUT2D eigenvalue weighted by atomic mass is 9.77. The number of alkyl halides is 2. The molecule has 1 spiro atoms. The molecule has 2 aromatic heterocycles. The van der Waals surface area contributed by atoms with Crippen molar-refractivity contribution in [3.05, 3.63) is 47.5 Å². The van der Waals surface area contributed by atoms with Crippen LogP contribution in [-0.2, 0) is 18.4 Å². The monoisotopic (exact) mass is 419 g/mol. The van der Waals surface area contributed by atoms with Crippen LogP contribution >= 0.6 is 0 Å². The number of likely N-dealkylation sites (tertiary alicyclic amines) is 2. The van der Waals surface area contributed by atoms with Crippen LogP contribution in [0.3, 0.4) is 0 Å². The molecule has 162 valence electrons. The average Bonchev–Trinajstić information content (AvgIpc) is 3.40. The molecule has 0 bridgehead atoms. The molecule has 1 amide bonds. The van der Waals surface area contributed by atoms with Gasteiger partial charge in [-0.3, -0.25) is 14.5 Å². The molecule has 0 N–H and O–H groups in total. The standard InChI is InChI=1S/C21H27F2N5O2/c1-26-9-16(12-30-11-15-4-3-6-24-8-15)21(13-26)5-7-28(14-21)20(29)17-10-27(2)25-18(17)19(22)23/h3-4,6,8,10,16,19H,5,7,9,11-14H2,1-2H3/t16-,21+/m0/s1. The van der Waals surface area contributed by atoms with E-state index in [0.717, 1.165) is 25.1 Å². The van der Waals surface area contributed by atoms with Gasteiger partial charge in [0.25, 0.3) is 12.3 Å². The molecule has 9 heteroatoms. The summed E-state index contributed by atoms with van der Waals surface area (Å²) in [5.41, 5.74) is 0.507. The topological polar surface area (TPSA) is 63.5 Å². The van der Waals surface area contributed by atoms with E-state index in [0.29, 0.717) is 26.3 Å². The molecule has 2 atom stereocenters. The average molecular weight is 419 g/mol. The maximum atomic E-state index is 13.3. The molecular formula is C21H27F2N5O2. The van der Waals surface area contributed by atoms with Crippen molar-refractivity contribution < 1.29 is 18.3 Å². The Morgan fingerprint density at radius 1 is 1.37 bits per heavy atom. The lowest BCUT2D eigenvalue weighted by Crippen LogP contribution is -2.38. The second-order valence-corrected chi connectivity index (χ2v) is 8.51. The summed E-state index contributed by atoms with van der Waals surface area (Å²) in [5, 5.41) is 3.77. The van der Waals surface area contributed by atoms with Crippen LogP contribution in [-0.4, -0.2) is 70.3 Å². The third-order valence-electron chi connectivity index (χ3n) is 6.26. The van der Waals surface area contributed by atoms with Gasteiger partial charge in [-0.2, -0.15) is 5.10 Å². The zero-order valence-electron chi connectivity index (χ0n) is 17.3. The van der Waals surface area contributed by atoms with E-state index in [1.807, 2.05) is 12.1 Å². The van der Waals surface area contributed by atoms with Crippen molar-refractivity contribution in [2.24, 2.45) is 18.4 Å². The summed E-state index contributed by atoms with van der Waals surface area (Å²) in [6.45, 7) is 3.96. The molecule has 0 aromatic carbocycles. The van der Waals surface area contributed by atoms with Crippen LogP contribution in [0.4, 0.5) is 8.78 Å². The molecule has 2 saturated heterocycles. The van der Waals surface area contributed by atoms with Gasteiger partial charge >= 0.3 is 0 Å². The number of amides is 1. The van der Waals surface area contributed by atoms with Crippen molar-refractivity contribution >= 4 is 5.91 Å². The summed E-state index contributed by atoms with van der Waals surface area (Å²) in [5.74, 6) is -0.0831. The Labute approximate surface area is 174 Å². The van der Waals surface area contributed by atoms with Crippen molar-refractivity contribution in [3.63, 3.8) is 0 Å². The Hall–Kier alpha value is -2.39. The molecule has 7 nitrogen and oxygen atoms in total. The number of aryl methyl sites for hydroxylation is 1. The van der Waals surface area contributed by atoms with Gasteiger partial charge < -0.3 is 14.5 Å². The highest BCUT2D eigenvalue weighted by atomic mass is 19.3. The first-order chi connectivity index (χ1) is 14.4. The van der Waals surface area contributed by atoms with E-state index in [9.17, 15) is 13.6 Å². The van der Waals surface area contributed by atoms with Gasteiger partial charge in [-0.1, -0.05) is 6.07 Å². The van der Waals surface area contributed by atoms with Crippen molar-refractivity contribution in [2.75, 3.05) is 39.8 Å². The quantitative estimate of drug-likeness (QED) is 0.719. The van der Waals surface area contributed by atoms with E-state index in [1.54, 1.807) is 24.3 Å². The van der Waals surface area contributed by atoms with Gasteiger partial charge in [0.05, 0.1) is 18.8 Å². The second-order valence-electron chi connectivity index (χ2n) is 8.51. The number of carbonyl (C=O) groups excluding carboxylic acids is 1. The summed E-state index contributed by atoms with van der Waals surface area (Å²) in [6.07, 6.45) is 2.99. The Balaban J connectivity index is 1.43. The van der Waals surface area contributed by atoms with Crippen molar-refractivity contribution in [2.45, 2.75) is 19.5 Å². The molecule has 30 heavy (non-hydrogen) atoms. The minimum Gasteiger partial charge on any atom is -0.376 e. The van der Waals surface area contributed by atoms with E-state index >= 15 is 0 Å². The summed E-state index contributed by atoms with van der Waals surface area (Å²) < 4.78 is 33.9. The number of halogens is 2. The van der Waals surface area contributed by atoms with Gasteiger partial charge in [0.15, 0.2) is 0 Å². The van der Waals surface area contributed by atoms with Crippen LogP contribution in [0.2, 0.25) is 0 Å². The number of rotatable bonds is 6. The fraction of sp³-hybridized carbons (Fsp3) is 0.571. The Morgan fingerprint density at radius 2 is 2.20 bits per heavy atom. The van der Waals surface area contributed by atoms with Crippen LogP contribution < -0.4 is 0 Å². The van der Waals surface area contributed by atoms with Crippen molar-refractivity contribution in [3.8, 4) is 0 Å². The van der Waals surface area contributed by atoms with E-state index in [1.165, 1.54) is 10.9 Å². The first-order valence-electron chi connectivity index (χ1n) is 10.1. The fourth-order valence-corrected chi connectivity index (χ4v) is 4.87. The zero-order valence-corrected chi connectivity index (χ0v) is 17.3. The third kappa shape index (κ3) is 4.09. The van der Waals surface area contributed by atoms with E-state index in [2.05, 4.69) is 22.0 Å². The van der Waals surface area contributed by atoms with Crippen LogP contribution in [0.1, 0.15) is 34.5 Å². The van der Waals surface area contributed by atoms with Gasteiger partial charge in [0.2, 0.25) is 0 Å². The predicted octanol–water partition coefficient (Wildman–Crippen LogP) is 2.36. The predicted molar refractivity (Wildman–Crippen MR) is 106 cm³/mol. The molecule has 0 radical (unpaired) electrons. The number of pyridine rings is 1. The molecule has 2 aliphatic rings. The Morgan fingerprint density at radius 3 is 2.93 bits per heavy atom. The minimum atomic E-state index is -2.77. The molecule has 4 heterocycles. The molecule has 4 rings (SSSR count). The largest absolute Gasteiger partial charge is 0.376 e. The summed E-state index contributed by atoms with van der Waals surface area (Å²) in [6, 6.07) is 3.87. The van der Waals surface area contributed by atoms with Crippen molar-refractivity contribution in [1.29, 1.82) is 0 Å². The Kier molecular flexibility index (Phi) is 5.84. The van der Waals surface area contributed by atoms with Crippen LogP contribution in [0.25, 0.3) is 0 Å². The molecule has 2 aromatic rings. The lowest BCUT2D eigenvalue weighted by Gasteiger charge is -2.30. The Bertz CT molecular complexity index is 891. The van der Waals surface area contributed by atoms with E-state index in [4.69, 9.17) is 4.74 Å². The minimum absolute atomic E-state index is 0.000258. The smallest absolute Gasteiger partial charge is 0.282 e. The fourth-order valence-electron chi connectivity index (χ4n) is 4.87. The zero-order chi connectivity index (χ0) is 21.3. The maximum absolute atomic E-state index is 13.3. The van der Waals surface area contributed by atoms with Crippen LogP contribution in [0, 0.1) is 11.3 Å². The number of carbonyl (C=O) groups is 1. The van der Waals surface area contributed by atoms with Gasteiger partial charge in [-0.05, 0) is 25.1 Å². The van der Waals surface area contributed by atoms with Crippen molar-refractivity contribution in [1.82, 2.24) is 24.6 Å². The lowest BCUT2D eigenvalue weighted by molar-refractivity contribution is 0.0494. The molecule has 2 fully saturated rings. The van der Waals surface area contributed by atoms with Gasteiger partial charge in [0, 0.05) is 63.2 Å². The van der Waals surface area contributed by atoms with Gasteiger partial charge in [-0.25, -0.2) is 8.78 Å². The second kappa shape index (κ2) is 8.39. The first-order valence-corrected chi connectivity index (χ1v) is 10.1. The summed E-state index contributed by atoms with van der Waals surface area (Å²) in [7, 11) is 3.62. The number of hydrogen-bond donors (Lipinski definition) is 0. The molecule has 2 aliphatic heterocycles. The highest BCUT2D eigenvalue weighted by Crippen LogP contribution is 2.44. The number of aromatic nitrogens is 3. The SMILES string of the molecule is CN1C[C@@H](COCc2cccnc2)[C@]2(CCN(C(=O)c3cn(C)nc3C(F)F)C2)C1. The molecule has 0 unspecified atom stereocenters. The van der Waals surface area contributed by atoms with Gasteiger partial charge in [0.1, 0.15) is 5.69 Å². The maximum Gasteiger partial charge on any atom is 0.282 e. The first kappa shape index (κ1) is 20.9. The summed E-state index contributed by atoms with van der Waals surface area (Å²) in [4.78, 5) is 21.1. The van der Waals surface area contributed by atoms with E-state index < -0.39 is 12.1 Å². The molecular weight excluding hydrogens is 392 g/mol. The molecule has 0 aliphatic carbocycles. The normalized spacial score (nSPS) is 24.4. The summed E-state index contributed by atoms with van der Waals surface area (Å²) >= 11 is 0. The number of hydrogen-bond acceptors (Lipinski definition) is 5. The third-order valence-corrected chi connectivity index (χ3v) is 6.26. The van der Waals surface area contributed by atoms with E-state index in [-0.39, 0.29) is 22.8 Å². The number of nitrogens with zero attached hydrogens (tertiary/aromatic N) is 5. The molecule has 0 saturated carbocycles. The van der Waals surface area contributed by atoms with Crippen LogP contribution in [0.15, 0.2) is 30.7 Å². The number of ether oxygens (including phenoxy) is 1. The van der Waals surface area contributed by atoms with Crippen LogP contribution in [0.5, 0.6) is 0 Å². The highest BCUT2D eigenvalue weighted by molar-refractivity contribution is 5.95. The highest BCUT2D eigenvalue weighted by Gasteiger charge is 2.50.